The van der Waals surface area contributed by atoms with Crippen LogP contribution in [0.1, 0.15) is 45.6 Å². The number of methoxy groups -OCH3 is 1. The third-order valence-corrected chi connectivity index (χ3v) is 8.91. The van der Waals surface area contributed by atoms with E-state index in [1.807, 2.05) is 18.2 Å². The van der Waals surface area contributed by atoms with Gasteiger partial charge in [-0.2, -0.15) is 0 Å². The van der Waals surface area contributed by atoms with Crippen LogP contribution in [0.2, 0.25) is 18.1 Å². The van der Waals surface area contributed by atoms with Crippen LogP contribution in [0.15, 0.2) is 36.4 Å². The fourth-order valence-electron chi connectivity index (χ4n) is 1.90. The molecule has 0 aliphatic heterocycles. The molecule has 1 aromatic rings. The highest BCUT2D eigenvalue weighted by molar-refractivity contribution is 6.74. The van der Waals surface area contributed by atoms with Gasteiger partial charge in [-0.3, -0.25) is 0 Å². The van der Waals surface area contributed by atoms with Gasteiger partial charge in [0.15, 0.2) is 0 Å². The maximum absolute atomic E-state index is 11.1. The van der Waals surface area contributed by atoms with Crippen LogP contribution in [0.5, 0.6) is 5.75 Å². The van der Waals surface area contributed by atoms with E-state index < -0.39 is 8.32 Å². The first-order valence-electron chi connectivity index (χ1n) is 8.10. The minimum atomic E-state index is -1.82. The highest BCUT2D eigenvalue weighted by Gasteiger charge is 2.38. The number of allylic oxidation sites excluding steroid dienone is 1. The van der Waals surface area contributed by atoms with Gasteiger partial charge < -0.3 is 9.16 Å². The standard InChI is InChI=1S/C19H30O3Si/c1-15(10-8-13-18(20)21-5)16-11-9-12-17(14-16)22-23(6,7)19(2,3)4/h8-9,11-15H,10H2,1-7H3. The highest BCUT2D eigenvalue weighted by Crippen LogP contribution is 2.37. The van der Waals surface area contributed by atoms with Gasteiger partial charge in [-0.05, 0) is 48.2 Å². The van der Waals surface area contributed by atoms with E-state index in [1.54, 1.807) is 0 Å². The predicted octanol–water partition coefficient (Wildman–Crippen LogP) is 5.29. The lowest BCUT2D eigenvalue weighted by Crippen LogP contribution is -2.43. The average Bonchev–Trinajstić information content (AvgIpc) is 2.45. The Kier molecular flexibility index (Phi) is 6.63. The molecule has 1 rings (SSSR count). The maximum Gasteiger partial charge on any atom is 0.330 e. The zero-order valence-electron chi connectivity index (χ0n) is 15.5. The van der Waals surface area contributed by atoms with E-state index in [2.05, 4.69) is 57.7 Å². The molecule has 4 heteroatoms. The largest absolute Gasteiger partial charge is 0.543 e. The summed E-state index contributed by atoms with van der Waals surface area (Å²) < 4.78 is 11.0. The molecule has 23 heavy (non-hydrogen) atoms. The normalized spacial score (nSPS) is 13.9. The molecule has 0 fully saturated rings. The molecule has 0 spiro atoms. The topological polar surface area (TPSA) is 35.5 Å². The van der Waals surface area contributed by atoms with Gasteiger partial charge in [0, 0.05) is 6.08 Å². The number of rotatable bonds is 6. The van der Waals surface area contributed by atoms with Gasteiger partial charge in [0.25, 0.3) is 0 Å². The number of ether oxygens (including phenoxy) is 1. The molecular formula is C19H30O3Si. The van der Waals surface area contributed by atoms with Crippen molar-refractivity contribution in [2.24, 2.45) is 0 Å². The Morgan fingerprint density at radius 1 is 1.30 bits per heavy atom. The zero-order chi connectivity index (χ0) is 17.7. The van der Waals surface area contributed by atoms with E-state index in [1.165, 1.54) is 18.7 Å². The first-order valence-corrected chi connectivity index (χ1v) is 11.0. The quantitative estimate of drug-likeness (QED) is 0.402. The maximum atomic E-state index is 11.1. The molecule has 0 heterocycles. The van der Waals surface area contributed by atoms with E-state index in [9.17, 15) is 4.79 Å². The molecule has 0 amide bonds. The molecule has 0 aliphatic carbocycles. The number of esters is 1. The van der Waals surface area contributed by atoms with Crippen LogP contribution >= 0.6 is 0 Å². The van der Waals surface area contributed by atoms with Crippen molar-refractivity contribution in [3.63, 3.8) is 0 Å². The number of hydrogen-bond acceptors (Lipinski definition) is 3. The summed E-state index contributed by atoms with van der Waals surface area (Å²) in [7, 11) is -0.437. The summed E-state index contributed by atoms with van der Waals surface area (Å²) in [6, 6.07) is 8.30. The van der Waals surface area contributed by atoms with Crippen LogP contribution in [0.4, 0.5) is 0 Å². The van der Waals surface area contributed by atoms with Gasteiger partial charge in [0.05, 0.1) is 7.11 Å². The van der Waals surface area contributed by atoms with Gasteiger partial charge >= 0.3 is 5.97 Å². The van der Waals surface area contributed by atoms with E-state index >= 15 is 0 Å². The molecule has 128 valence electrons. The van der Waals surface area contributed by atoms with Crippen molar-refractivity contribution in [1.82, 2.24) is 0 Å². The summed E-state index contributed by atoms with van der Waals surface area (Å²) in [5.41, 5.74) is 1.22. The predicted molar refractivity (Wildman–Crippen MR) is 98.5 cm³/mol. The highest BCUT2D eigenvalue weighted by atomic mass is 28.4. The van der Waals surface area contributed by atoms with Crippen LogP contribution in [-0.4, -0.2) is 21.4 Å². The smallest absolute Gasteiger partial charge is 0.330 e. The third-order valence-electron chi connectivity index (χ3n) is 4.55. The van der Waals surface area contributed by atoms with E-state index in [0.29, 0.717) is 5.92 Å². The molecule has 1 atom stereocenters. The van der Waals surface area contributed by atoms with Crippen LogP contribution in [0.3, 0.4) is 0 Å². The summed E-state index contributed by atoms with van der Waals surface area (Å²) in [5.74, 6) is 0.948. The number of carbonyl (C=O) groups excluding carboxylic acids is 1. The van der Waals surface area contributed by atoms with E-state index in [4.69, 9.17) is 4.43 Å². The first-order chi connectivity index (χ1) is 10.6. The summed E-state index contributed by atoms with van der Waals surface area (Å²) in [5, 5.41) is 0.178. The molecule has 0 N–H and O–H groups in total. The fraction of sp³-hybridized carbons (Fsp3) is 0.526. The summed E-state index contributed by atoms with van der Waals surface area (Å²) in [6.45, 7) is 13.4. The molecule has 0 aromatic heterocycles. The molecule has 1 unspecified atom stereocenters. The summed E-state index contributed by atoms with van der Waals surface area (Å²) in [6.07, 6.45) is 4.13. The summed E-state index contributed by atoms with van der Waals surface area (Å²) in [4.78, 5) is 11.1. The fourth-order valence-corrected chi connectivity index (χ4v) is 2.93. The van der Waals surface area contributed by atoms with Crippen molar-refractivity contribution in [2.45, 2.75) is 58.2 Å². The van der Waals surface area contributed by atoms with E-state index in [-0.39, 0.29) is 11.0 Å². The van der Waals surface area contributed by atoms with Crippen LogP contribution in [-0.2, 0) is 9.53 Å². The lowest BCUT2D eigenvalue weighted by atomic mass is 9.97. The Morgan fingerprint density at radius 2 is 1.96 bits per heavy atom. The van der Waals surface area contributed by atoms with Crippen molar-refractivity contribution in [3.8, 4) is 5.75 Å². The number of benzene rings is 1. The third kappa shape index (κ3) is 5.86. The molecule has 0 saturated carbocycles. The van der Waals surface area contributed by atoms with Crippen molar-refractivity contribution >= 4 is 14.3 Å². The SMILES string of the molecule is COC(=O)C=CCC(C)c1cccc(O[Si](C)(C)C(C)(C)C)c1. The second-order valence-corrected chi connectivity index (χ2v) is 12.2. The van der Waals surface area contributed by atoms with Crippen LogP contribution in [0.25, 0.3) is 0 Å². The van der Waals surface area contributed by atoms with Gasteiger partial charge in [0.2, 0.25) is 8.32 Å². The Morgan fingerprint density at radius 3 is 2.52 bits per heavy atom. The van der Waals surface area contributed by atoms with Gasteiger partial charge in [0.1, 0.15) is 5.75 Å². The van der Waals surface area contributed by atoms with Gasteiger partial charge in [-0.25, -0.2) is 4.79 Å². The Hall–Kier alpha value is -1.55. The Bertz CT molecular complexity index is 556. The Balaban J connectivity index is 2.80. The monoisotopic (exact) mass is 334 g/mol. The molecule has 0 bridgehead atoms. The van der Waals surface area contributed by atoms with Crippen molar-refractivity contribution in [3.05, 3.63) is 42.0 Å². The molecule has 1 aromatic carbocycles. The lowest BCUT2D eigenvalue weighted by molar-refractivity contribution is -0.134. The van der Waals surface area contributed by atoms with Crippen molar-refractivity contribution < 1.29 is 14.0 Å². The summed E-state index contributed by atoms with van der Waals surface area (Å²) >= 11 is 0. The van der Waals surface area contributed by atoms with Crippen molar-refractivity contribution in [1.29, 1.82) is 0 Å². The molecule has 0 radical (unpaired) electrons. The second-order valence-electron chi connectivity index (χ2n) is 7.50. The Labute approximate surface area is 141 Å². The molecule has 0 saturated heterocycles. The van der Waals surface area contributed by atoms with Crippen LogP contribution < -0.4 is 4.43 Å². The number of carbonyl (C=O) groups is 1. The van der Waals surface area contributed by atoms with Gasteiger partial charge in [-0.15, -0.1) is 0 Å². The van der Waals surface area contributed by atoms with E-state index in [0.717, 1.165) is 12.2 Å². The van der Waals surface area contributed by atoms with Crippen molar-refractivity contribution in [2.75, 3.05) is 7.11 Å². The molecular weight excluding hydrogens is 304 g/mol. The van der Waals surface area contributed by atoms with Gasteiger partial charge in [-0.1, -0.05) is 45.9 Å². The van der Waals surface area contributed by atoms with Crippen LogP contribution in [0, 0.1) is 0 Å². The number of hydrogen-bond donors (Lipinski definition) is 0. The first kappa shape index (κ1) is 19.5. The zero-order valence-corrected chi connectivity index (χ0v) is 16.5. The second kappa shape index (κ2) is 7.82. The minimum absolute atomic E-state index is 0.178. The molecule has 3 nitrogen and oxygen atoms in total. The molecule has 0 aliphatic rings. The lowest BCUT2D eigenvalue weighted by Gasteiger charge is -2.36. The average molecular weight is 335 g/mol. The minimum Gasteiger partial charge on any atom is -0.543 e.